The summed E-state index contributed by atoms with van der Waals surface area (Å²) in [6, 6.07) is 23.3. The molecular weight excluding hydrogens is 318 g/mol. The van der Waals surface area contributed by atoms with Gasteiger partial charge in [-0.25, -0.2) is 8.78 Å². The Kier molecular flexibility index (Phi) is 5.52. The first-order valence-electron chi connectivity index (χ1n) is 8.05. The van der Waals surface area contributed by atoms with E-state index in [9.17, 15) is 8.78 Å². The molecule has 0 aliphatic carbocycles. The zero-order valence-electron chi connectivity index (χ0n) is 13.6. The van der Waals surface area contributed by atoms with Crippen LogP contribution in [-0.2, 0) is 12.8 Å². The third-order valence-electron chi connectivity index (χ3n) is 3.77. The molecule has 0 saturated heterocycles. The number of anilines is 1. The molecule has 0 aliphatic rings. The molecule has 0 atom stereocenters. The summed E-state index contributed by atoms with van der Waals surface area (Å²) in [7, 11) is 0. The van der Waals surface area contributed by atoms with Crippen LogP contribution in [0.2, 0.25) is 0 Å². The van der Waals surface area contributed by atoms with Crippen LogP contribution in [0.15, 0.2) is 84.0 Å². The van der Waals surface area contributed by atoms with Gasteiger partial charge in [0.2, 0.25) is 0 Å². The molecule has 1 N–H and O–H groups in total. The summed E-state index contributed by atoms with van der Waals surface area (Å²) in [6.07, 6.45) is 1.29. The van der Waals surface area contributed by atoms with E-state index in [0.29, 0.717) is 12.8 Å². The van der Waals surface area contributed by atoms with Gasteiger partial charge in [0.1, 0.15) is 5.82 Å². The Hall–Kier alpha value is -3.01. The minimum atomic E-state index is -0.664. The maximum atomic E-state index is 13.8. The number of hydrogen-bond acceptors (Lipinski definition) is 2. The van der Waals surface area contributed by atoms with E-state index in [1.54, 1.807) is 0 Å². The average Bonchev–Trinajstić information content (AvgIpc) is 2.62. The summed E-state index contributed by atoms with van der Waals surface area (Å²) in [5.74, 6) is -1.27. The molecule has 3 aromatic carbocycles. The predicted molar refractivity (Wildman–Crippen MR) is 97.7 cm³/mol. The lowest BCUT2D eigenvalue weighted by Gasteiger charge is -2.09. The van der Waals surface area contributed by atoms with E-state index in [1.807, 2.05) is 60.7 Å². The summed E-state index contributed by atoms with van der Waals surface area (Å²) >= 11 is 0. The minimum Gasteiger partial charge on any atom is -0.276 e. The second-order valence-corrected chi connectivity index (χ2v) is 5.74. The summed E-state index contributed by atoms with van der Waals surface area (Å²) in [4.78, 5) is 0. The van der Waals surface area contributed by atoms with Gasteiger partial charge in [-0.05, 0) is 23.3 Å². The van der Waals surface area contributed by atoms with Crippen LogP contribution in [0.1, 0.15) is 11.1 Å². The van der Waals surface area contributed by atoms with Crippen molar-refractivity contribution in [2.24, 2.45) is 5.10 Å². The van der Waals surface area contributed by atoms with E-state index in [-0.39, 0.29) is 5.69 Å². The zero-order valence-corrected chi connectivity index (χ0v) is 13.6. The smallest absolute Gasteiger partial charge is 0.151 e. The van der Waals surface area contributed by atoms with Crippen molar-refractivity contribution in [3.8, 4) is 0 Å². The number of rotatable bonds is 6. The first-order valence-corrected chi connectivity index (χ1v) is 8.05. The quantitative estimate of drug-likeness (QED) is 0.484. The van der Waals surface area contributed by atoms with Gasteiger partial charge in [0.25, 0.3) is 0 Å². The lowest BCUT2D eigenvalue weighted by Crippen LogP contribution is -2.10. The molecule has 0 fully saturated rings. The van der Waals surface area contributed by atoms with Gasteiger partial charge in [0, 0.05) is 24.6 Å². The average molecular weight is 336 g/mol. The minimum absolute atomic E-state index is 0.153. The normalized spacial score (nSPS) is 10.3. The van der Waals surface area contributed by atoms with Gasteiger partial charge in [-0.3, -0.25) is 5.43 Å². The van der Waals surface area contributed by atoms with Crippen LogP contribution in [0.25, 0.3) is 0 Å². The number of halogens is 2. The predicted octanol–water partition coefficient (Wildman–Crippen LogP) is 5.22. The molecule has 3 rings (SSSR count). The van der Waals surface area contributed by atoms with E-state index < -0.39 is 11.6 Å². The molecule has 126 valence electrons. The maximum absolute atomic E-state index is 13.8. The molecule has 0 aliphatic heterocycles. The molecule has 0 unspecified atom stereocenters. The number of nitrogens with one attached hydrogen (secondary N) is 1. The second kappa shape index (κ2) is 8.20. The molecule has 0 radical (unpaired) electrons. The van der Waals surface area contributed by atoms with Gasteiger partial charge in [0.05, 0.1) is 5.69 Å². The maximum Gasteiger partial charge on any atom is 0.151 e. The molecule has 0 saturated carbocycles. The van der Waals surface area contributed by atoms with Crippen LogP contribution in [0.3, 0.4) is 0 Å². The highest BCUT2D eigenvalue weighted by Gasteiger charge is 2.06. The summed E-state index contributed by atoms with van der Waals surface area (Å²) < 4.78 is 26.8. The molecule has 0 aromatic heterocycles. The SMILES string of the molecule is Fc1ccc(NN=C(Cc2ccccc2)Cc2ccccc2)c(F)c1. The summed E-state index contributed by atoms with van der Waals surface area (Å²) in [5.41, 5.74) is 5.99. The van der Waals surface area contributed by atoms with Crippen LogP contribution in [0, 0.1) is 11.6 Å². The van der Waals surface area contributed by atoms with Gasteiger partial charge in [-0.15, -0.1) is 0 Å². The molecule has 4 heteroatoms. The highest BCUT2D eigenvalue weighted by atomic mass is 19.1. The van der Waals surface area contributed by atoms with Gasteiger partial charge < -0.3 is 0 Å². The molecular formula is C21H18F2N2. The third-order valence-corrected chi connectivity index (χ3v) is 3.77. The molecule has 0 spiro atoms. The van der Waals surface area contributed by atoms with Crippen LogP contribution in [0.5, 0.6) is 0 Å². The second-order valence-electron chi connectivity index (χ2n) is 5.74. The Bertz CT molecular complexity index is 803. The van der Waals surface area contributed by atoms with Crippen molar-refractivity contribution >= 4 is 11.4 Å². The zero-order chi connectivity index (χ0) is 17.5. The Morgan fingerprint density at radius 3 is 1.84 bits per heavy atom. The number of hydrogen-bond donors (Lipinski definition) is 1. The molecule has 0 bridgehead atoms. The Labute approximate surface area is 145 Å². The first kappa shape index (κ1) is 16.8. The first-order chi connectivity index (χ1) is 12.2. The van der Waals surface area contributed by atoms with Crippen molar-refractivity contribution < 1.29 is 8.78 Å². The summed E-state index contributed by atoms with van der Waals surface area (Å²) in [6.45, 7) is 0. The topological polar surface area (TPSA) is 24.4 Å². The molecule has 25 heavy (non-hydrogen) atoms. The van der Waals surface area contributed by atoms with Crippen LogP contribution in [0.4, 0.5) is 14.5 Å². The van der Waals surface area contributed by atoms with Gasteiger partial charge >= 0.3 is 0 Å². The largest absolute Gasteiger partial charge is 0.276 e. The van der Waals surface area contributed by atoms with Gasteiger partial charge in [-0.2, -0.15) is 5.10 Å². The van der Waals surface area contributed by atoms with Crippen molar-refractivity contribution in [1.29, 1.82) is 0 Å². The van der Waals surface area contributed by atoms with E-state index in [2.05, 4.69) is 10.5 Å². The van der Waals surface area contributed by atoms with Crippen molar-refractivity contribution in [3.05, 3.63) is 102 Å². The fourth-order valence-electron chi connectivity index (χ4n) is 2.52. The highest BCUT2D eigenvalue weighted by Crippen LogP contribution is 2.15. The fourth-order valence-corrected chi connectivity index (χ4v) is 2.52. The van der Waals surface area contributed by atoms with Gasteiger partial charge in [0.15, 0.2) is 5.82 Å². The Morgan fingerprint density at radius 2 is 1.32 bits per heavy atom. The standard InChI is InChI=1S/C21H18F2N2/c22-18-11-12-21(20(23)15-18)25-24-19(13-16-7-3-1-4-8-16)14-17-9-5-2-6-10-17/h1-12,15,25H,13-14H2. The lowest BCUT2D eigenvalue weighted by atomic mass is 10.0. The summed E-state index contributed by atoms with van der Waals surface area (Å²) in [5, 5.41) is 4.38. The van der Waals surface area contributed by atoms with E-state index in [1.165, 1.54) is 12.1 Å². The van der Waals surface area contributed by atoms with Crippen LogP contribution in [-0.4, -0.2) is 5.71 Å². The van der Waals surface area contributed by atoms with Gasteiger partial charge in [-0.1, -0.05) is 60.7 Å². The van der Waals surface area contributed by atoms with E-state index >= 15 is 0 Å². The lowest BCUT2D eigenvalue weighted by molar-refractivity contribution is 0.585. The van der Waals surface area contributed by atoms with Crippen molar-refractivity contribution in [2.45, 2.75) is 12.8 Å². The van der Waals surface area contributed by atoms with Crippen molar-refractivity contribution in [1.82, 2.24) is 0 Å². The monoisotopic (exact) mass is 336 g/mol. The van der Waals surface area contributed by atoms with Crippen LogP contribution >= 0.6 is 0 Å². The van der Waals surface area contributed by atoms with Crippen molar-refractivity contribution in [3.63, 3.8) is 0 Å². The fraction of sp³-hybridized carbons (Fsp3) is 0.0952. The number of hydrazone groups is 1. The molecule has 2 nitrogen and oxygen atoms in total. The number of nitrogens with zero attached hydrogens (tertiary/aromatic N) is 1. The van der Waals surface area contributed by atoms with Crippen molar-refractivity contribution in [2.75, 3.05) is 5.43 Å². The van der Waals surface area contributed by atoms with Crippen LogP contribution < -0.4 is 5.43 Å². The van der Waals surface area contributed by atoms with E-state index in [4.69, 9.17) is 0 Å². The van der Waals surface area contributed by atoms with E-state index in [0.717, 1.165) is 22.9 Å². The Balaban J connectivity index is 1.81. The molecule has 3 aromatic rings. The third kappa shape index (κ3) is 4.98. The molecule has 0 amide bonds. The highest BCUT2D eigenvalue weighted by molar-refractivity contribution is 5.89. The number of benzene rings is 3. The molecule has 0 heterocycles. The Morgan fingerprint density at radius 1 is 0.760 bits per heavy atom.